The lowest BCUT2D eigenvalue weighted by molar-refractivity contribution is 0.00765. The number of unbranched alkanes of at least 4 members (excludes halogenated alkanes) is 5. The molecule has 1 aromatic rings. The Morgan fingerprint density at radius 3 is 2.67 bits per heavy atom. The molecule has 0 spiro atoms. The molecule has 1 aromatic heterocycles. The molecule has 0 saturated carbocycles. The molecule has 0 saturated heterocycles. The Morgan fingerprint density at radius 2 is 2.00 bits per heavy atom. The molecule has 0 aliphatic heterocycles. The van der Waals surface area contributed by atoms with E-state index in [0.29, 0.717) is 6.61 Å². The van der Waals surface area contributed by atoms with Gasteiger partial charge in [-0.25, -0.2) is 5.11 Å². The van der Waals surface area contributed by atoms with Crippen LogP contribution in [0.4, 0.5) is 0 Å². The highest BCUT2D eigenvalue weighted by atomic mass is 32.1. The van der Waals surface area contributed by atoms with Crippen molar-refractivity contribution in [1.82, 2.24) is 0 Å². The molecule has 1 rings (SSSR count). The summed E-state index contributed by atoms with van der Waals surface area (Å²) >= 11 is 1.73. The topological polar surface area (TPSA) is 29.1 Å². The summed E-state index contributed by atoms with van der Waals surface area (Å²) in [7, 11) is 0. The van der Waals surface area contributed by atoms with Crippen LogP contribution in [0.15, 0.2) is 17.5 Å². The van der Waals surface area contributed by atoms with Crippen LogP contribution < -0.4 is 0 Å². The number of hydrogen-bond donors (Lipinski definition) is 0. The third kappa shape index (κ3) is 6.53. The van der Waals surface area contributed by atoms with Crippen LogP contribution in [0, 0.1) is 0 Å². The van der Waals surface area contributed by atoms with E-state index in [0.717, 1.165) is 6.42 Å². The van der Waals surface area contributed by atoms with Gasteiger partial charge in [0.2, 0.25) is 0 Å². The molecule has 0 aliphatic carbocycles. The summed E-state index contributed by atoms with van der Waals surface area (Å²) < 4.78 is 5.66. The smallest absolute Gasteiger partial charge is 0.106 e. The van der Waals surface area contributed by atoms with Crippen molar-refractivity contribution in [2.24, 2.45) is 0 Å². The minimum atomic E-state index is -0.141. The van der Waals surface area contributed by atoms with Crippen molar-refractivity contribution in [2.75, 3.05) is 13.2 Å². The normalized spacial score (nSPS) is 12.8. The van der Waals surface area contributed by atoms with E-state index in [2.05, 4.69) is 24.4 Å². The van der Waals surface area contributed by atoms with Gasteiger partial charge >= 0.3 is 0 Å². The largest absolute Gasteiger partial charge is 0.370 e. The monoisotopic (exact) mass is 269 g/mol. The average molecular weight is 269 g/mol. The van der Waals surface area contributed by atoms with Gasteiger partial charge in [-0.05, 0) is 17.9 Å². The highest BCUT2D eigenvalue weighted by Crippen LogP contribution is 2.27. The number of thiophene rings is 1. The Balaban J connectivity index is 2.20. The van der Waals surface area contributed by atoms with Crippen molar-refractivity contribution < 1.29 is 9.84 Å². The van der Waals surface area contributed by atoms with Crippen molar-refractivity contribution in [3.63, 3.8) is 0 Å². The van der Waals surface area contributed by atoms with E-state index in [4.69, 9.17) is 4.74 Å². The molecule has 1 radical (unpaired) electrons. The van der Waals surface area contributed by atoms with Gasteiger partial charge in [-0.1, -0.05) is 51.5 Å². The van der Waals surface area contributed by atoms with E-state index in [9.17, 15) is 5.11 Å². The minimum Gasteiger partial charge on any atom is -0.370 e. The number of rotatable bonds is 11. The van der Waals surface area contributed by atoms with Gasteiger partial charge in [0.15, 0.2) is 0 Å². The highest BCUT2D eigenvalue weighted by molar-refractivity contribution is 7.10. The number of ether oxygens (including phenoxy) is 1. The first-order valence-electron chi connectivity index (χ1n) is 7.11. The van der Waals surface area contributed by atoms with Crippen LogP contribution in [0.3, 0.4) is 0 Å². The van der Waals surface area contributed by atoms with Gasteiger partial charge < -0.3 is 4.74 Å². The van der Waals surface area contributed by atoms with Gasteiger partial charge in [-0.15, -0.1) is 11.3 Å². The molecule has 0 aliphatic rings. The van der Waals surface area contributed by atoms with Crippen LogP contribution in [0.2, 0.25) is 0 Å². The third-order valence-electron chi connectivity index (χ3n) is 3.08. The molecular weight excluding hydrogens is 244 g/mol. The zero-order chi connectivity index (χ0) is 13.1. The van der Waals surface area contributed by atoms with E-state index in [-0.39, 0.29) is 12.7 Å². The predicted molar refractivity (Wildman–Crippen MR) is 76.6 cm³/mol. The summed E-state index contributed by atoms with van der Waals surface area (Å²) in [4.78, 5) is 1.26. The second kappa shape index (κ2) is 10.5. The van der Waals surface area contributed by atoms with Gasteiger partial charge in [0.25, 0.3) is 0 Å². The molecule has 0 N–H and O–H groups in total. The van der Waals surface area contributed by atoms with E-state index in [1.807, 2.05) is 0 Å². The average Bonchev–Trinajstić information content (AvgIpc) is 2.91. The summed E-state index contributed by atoms with van der Waals surface area (Å²) in [6.07, 6.45) is 8.99. The van der Waals surface area contributed by atoms with Crippen LogP contribution in [0.25, 0.3) is 0 Å². The maximum atomic E-state index is 10.5. The van der Waals surface area contributed by atoms with Gasteiger partial charge in [0, 0.05) is 4.88 Å². The zero-order valence-corrected chi connectivity index (χ0v) is 12.2. The highest BCUT2D eigenvalue weighted by Gasteiger charge is 2.12. The van der Waals surface area contributed by atoms with Gasteiger partial charge in [-0.2, -0.15) is 0 Å². The lowest BCUT2D eigenvalue weighted by Gasteiger charge is -2.15. The van der Waals surface area contributed by atoms with Crippen LogP contribution in [-0.2, 0) is 9.84 Å². The summed E-state index contributed by atoms with van der Waals surface area (Å²) in [6, 6.07) is 4.16. The Hall–Kier alpha value is -0.380. The van der Waals surface area contributed by atoms with Gasteiger partial charge in [0.1, 0.15) is 6.61 Å². The molecule has 2 nitrogen and oxygen atoms in total. The Morgan fingerprint density at radius 1 is 1.22 bits per heavy atom. The maximum Gasteiger partial charge on any atom is 0.106 e. The molecule has 1 atom stereocenters. The first-order chi connectivity index (χ1) is 8.88. The maximum absolute atomic E-state index is 10.5. The van der Waals surface area contributed by atoms with E-state index in [1.54, 1.807) is 11.3 Å². The molecule has 18 heavy (non-hydrogen) atoms. The first-order valence-corrected chi connectivity index (χ1v) is 7.99. The van der Waals surface area contributed by atoms with Gasteiger partial charge in [-0.3, -0.25) is 0 Å². The summed E-state index contributed by atoms with van der Waals surface area (Å²) in [6.45, 7) is 2.43. The van der Waals surface area contributed by atoms with Crippen LogP contribution in [-0.4, -0.2) is 13.2 Å². The first kappa shape index (κ1) is 15.7. The number of hydrogen-bond acceptors (Lipinski definition) is 2. The third-order valence-corrected chi connectivity index (χ3v) is 4.05. The SMILES string of the molecule is CCCCCCCCC(OCC[O])c1cccs1. The lowest BCUT2D eigenvalue weighted by atomic mass is 10.1. The minimum absolute atomic E-state index is 0.141. The Bertz CT molecular complexity index is 272. The second-order valence-corrected chi connectivity index (χ2v) is 5.61. The summed E-state index contributed by atoms with van der Waals surface area (Å²) in [5, 5.41) is 12.6. The zero-order valence-electron chi connectivity index (χ0n) is 11.4. The molecule has 0 fully saturated rings. The van der Waals surface area contributed by atoms with Crippen molar-refractivity contribution in [1.29, 1.82) is 0 Å². The van der Waals surface area contributed by atoms with E-state index >= 15 is 0 Å². The van der Waals surface area contributed by atoms with Crippen molar-refractivity contribution >= 4 is 11.3 Å². The fourth-order valence-electron chi connectivity index (χ4n) is 2.08. The van der Waals surface area contributed by atoms with E-state index in [1.165, 1.54) is 43.4 Å². The summed E-state index contributed by atoms with van der Waals surface area (Å²) in [5.41, 5.74) is 0. The molecule has 103 valence electrons. The molecule has 0 amide bonds. The van der Waals surface area contributed by atoms with Gasteiger partial charge in [0.05, 0.1) is 12.7 Å². The molecule has 0 bridgehead atoms. The van der Waals surface area contributed by atoms with E-state index < -0.39 is 0 Å². The molecule has 3 heteroatoms. The van der Waals surface area contributed by atoms with Crippen LogP contribution >= 0.6 is 11.3 Å². The van der Waals surface area contributed by atoms with Crippen molar-refractivity contribution in [2.45, 2.75) is 58.0 Å². The standard InChI is InChI=1S/C15H25O2S/c1-2-3-4-5-6-7-9-14(17-12-11-16)15-10-8-13-18-15/h8,10,13-14H,2-7,9,11-12H2,1H3. The quantitative estimate of drug-likeness (QED) is 0.520. The van der Waals surface area contributed by atoms with Crippen molar-refractivity contribution in [3.05, 3.63) is 22.4 Å². The fourth-order valence-corrected chi connectivity index (χ4v) is 2.89. The molecule has 0 aromatic carbocycles. The van der Waals surface area contributed by atoms with Crippen LogP contribution in [0.1, 0.15) is 62.9 Å². The summed E-state index contributed by atoms with van der Waals surface area (Å²) in [5.74, 6) is 0. The Kier molecular flexibility index (Phi) is 9.17. The van der Waals surface area contributed by atoms with Crippen LogP contribution in [0.5, 0.6) is 0 Å². The molecular formula is C15H25O2S. The predicted octanol–water partition coefficient (Wildman–Crippen LogP) is 4.99. The Labute approximate surface area is 115 Å². The van der Waals surface area contributed by atoms with Crippen molar-refractivity contribution in [3.8, 4) is 0 Å². The fraction of sp³-hybridized carbons (Fsp3) is 0.733. The molecule has 1 heterocycles. The second-order valence-electron chi connectivity index (χ2n) is 4.64. The molecule has 1 unspecified atom stereocenters. The lowest BCUT2D eigenvalue weighted by Crippen LogP contribution is -2.06.